The van der Waals surface area contributed by atoms with Crippen molar-refractivity contribution in [3.63, 3.8) is 0 Å². The average Bonchev–Trinajstić information content (AvgIpc) is 2.76. The Morgan fingerprint density at radius 2 is 1.90 bits per heavy atom. The Balaban J connectivity index is 2.02. The molecule has 1 unspecified atom stereocenters. The molecule has 0 heterocycles. The van der Waals surface area contributed by atoms with Crippen LogP contribution in [-0.4, -0.2) is 36.8 Å². The maximum atomic E-state index is 10.6. The first-order valence-corrected chi connectivity index (χ1v) is 8.14. The summed E-state index contributed by atoms with van der Waals surface area (Å²) in [6.07, 6.45) is 7.38. The van der Waals surface area contributed by atoms with Crippen molar-refractivity contribution < 1.29 is 9.84 Å². The molecule has 3 nitrogen and oxygen atoms in total. The highest BCUT2D eigenvalue weighted by molar-refractivity contribution is 5.38. The van der Waals surface area contributed by atoms with Crippen LogP contribution in [0.25, 0.3) is 0 Å². The lowest BCUT2D eigenvalue weighted by molar-refractivity contribution is 0.0970. The highest BCUT2D eigenvalue weighted by Gasteiger charge is 2.21. The number of aliphatic hydroxyl groups is 1. The van der Waals surface area contributed by atoms with Gasteiger partial charge in [-0.2, -0.15) is 0 Å². The number of nitrogens with zero attached hydrogens (tertiary/aromatic N) is 1. The second-order valence-corrected chi connectivity index (χ2v) is 6.35. The van der Waals surface area contributed by atoms with E-state index in [0.29, 0.717) is 12.6 Å². The second-order valence-electron chi connectivity index (χ2n) is 6.35. The molecule has 1 aromatic carbocycles. The third-order valence-electron chi connectivity index (χ3n) is 4.65. The predicted molar refractivity (Wildman–Crippen MR) is 86.8 cm³/mol. The third kappa shape index (κ3) is 4.45. The number of methoxy groups -OCH3 is 1. The van der Waals surface area contributed by atoms with Crippen LogP contribution >= 0.6 is 0 Å². The zero-order valence-electron chi connectivity index (χ0n) is 13.6. The molecular formula is C18H29NO2. The largest absolute Gasteiger partial charge is 0.496 e. The second kappa shape index (κ2) is 7.81. The highest BCUT2D eigenvalue weighted by Crippen LogP contribution is 2.28. The number of likely N-dealkylation sites (N-methyl/N-ethyl adjacent to an activating group) is 1. The molecule has 0 aromatic heterocycles. The van der Waals surface area contributed by atoms with E-state index in [1.54, 1.807) is 7.11 Å². The molecule has 2 rings (SSSR count). The smallest absolute Gasteiger partial charge is 0.124 e. The fourth-order valence-corrected chi connectivity index (χ4v) is 3.33. The Morgan fingerprint density at radius 1 is 1.24 bits per heavy atom. The summed E-state index contributed by atoms with van der Waals surface area (Å²) in [5.41, 5.74) is 2.06. The molecule has 1 fully saturated rings. The van der Waals surface area contributed by atoms with Gasteiger partial charge in [0.2, 0.25) is 0 Å². The maximum absolute atomic E-state index is 10.6. The fraction of sp³-hybridized carbons (Fsp3) is 0.667. The van der Waals surface area contributed by atoms with E-state index in [9.17, 15) is 5.11 Å². The van der Waals surface area contributed by atoms with Gasteiger partial charge in [-0.15, -0.1) is 0 Å². The van der Waals surface area contributed by atoms with E-state index in [0.717, 1.165) is 16.9 Å². The van der Waals surface area contributed by atoms with Crippen LogP contribution in [0, 0.1) is 6.92 Å². The summed E-state index contributed by atoms with van der Waals surface area (Å²) in [4.78, 5) is 2.33. The lowest BCUT2D eigenvalue weighted by Gasteiger charge is -2.29. The van der Waals surface area contributed by atoms with Crippen LogP contribution in [0.2, 0.25) is 0 Å². The van der Waals surface area contributed by atoms with Gasteiger partial charge in [0.15, 0.2) is 0 Å². The Hall–Kier alpha value is -1.06. The Labute approximate surface area is 128 Å². The summed E-state index contributed by atoms with van der Waals surface area (Å²) >= 11 is 0. The zero-order chi connectivity index (χ0) is 15.2. The lowest BCUT2D eigenvalue weighted by atomic mass is 10.0. The van der Waals surface area contributed by atoms with Gasteiger partial charge in [0, 0.05) is 18.2 Å². The van der Waals surface area contributed by atoms with E-state index < -0.39 is 6.10 Å². The summed E-state index contributed by atoms with van der Waals surface area (Å²) in [6.45, 7) is 2.72. The molecule has 0 saturated heterocycles. The molecule has 1 aromatic rings. The molecule has 0 radical (unpaired) electrons. The number of aryl methyl sites for hydroxylation is 1. The molecule has 0 aliphatic heterocycles. The van der Waals surface area contributed by atoms with Gasteiger partial charge in [0.1, 0.15) is 5.75 Å². The molecule has 118 valence electrons. The first-order valence-electron chi connectivity index (χ1n) is 8.14. The first-order chi connectivity index (χ1) is 10.1. The van der Waals surface area contributed by atoms with Crippen LogP contribution in [0.4, 0.5) is 0 Å². The van der Waals surface area contributed by atoms with Crippen molar-refractivity contribution in [2.45, 2.75) is 57.6 Å². The standard InChI is InChI=1S/C18H29NO2/c1-14-10-11-18(21-3)16(12-14)17(20)13-19(2)15-8-6-4-5-7-9-15/h10-12,15,17,20H,4-9,13H2,1-3H3. The minimum Gasteiger partial charge on any atom is -0.496 e. The minimum absolute atomic E-state index is 0.492. The molecule has 1 N–H and O–H groups in total. The van der Waals surface area contributed by atoms with Crippen LogP contribution in [0.5, 0.6) is 5.75 Å². The van der Waals surface area contributed by atoms with Gasteiger partial charge < -0.3 is 14.7 Å². The van der Waals surface area contributed by atoms with Crippen molar-refractivity contribution in [2.24, 2.45) is 0 Å². The van der Waals surface area contributed by atoms with Gasteiger partial charge in [-0.1, -0.05) is 37.3 Å². The molecular weight excluding hydrogens is 262 g/mol. The van der Waals surface area contributed by atoms with Crippen LogP contribution in [-0.2, 0) is 0 Å². The summed E-state index contributed by atoms with van der Waals surface area (Å²) < 4.78 is 5.39. The van der Waals surface area contributed by atoms with Gasteiger partial charge >= 0.3 is 0 Å². The van der Waals surface area contributed by atoms with Crippen molar-refractivity contribution in [3.05, 3.63) is 29.3 Å². The topological polar surface area (TPSA) is 32.7 Å². The molecule has 0 spiro atoms. The highest BCUT2D eigenvalue weighted by atomic mass is 16.5. The van der Waals surface area contributed by atoms with E-state index in [-0.39, 0.29) is 0 Å². The normalized spacial score (nSPS) is 18.5. The number of ether oxygens (including phenoxy) is 1. The van der Waals surface area contributed by atoms with Gasteiger partial charge in [0.25, 0.3) is 0 Å². The van der Waals surface area contributed by atoms with Gasteiger partial charge in [0.05, 0.1) is 13.2 Å². The summed E-state index contributed by atoms with van der Waals surface area (Å²) in [6, 6.07) is 6.60. The van der Waals surface area contributed by atoms with Crippen LogP contribution in [0.3, 0.4) is 0 Å². The number of aliphatic hydroxyl groups excluding tert-OH is 1. The van der Waals surface area contributed by atoms with E-state index in [2.05, 4.69) is 11.9 Å². The van der Waals surface area contributed by atoms with Gasteiger partial charge in [-0.25, -0.2) is 0 Å². The number of benzene rings is 1. The molecule has 1 atom stereocenters. The zero-order valence-corrected chi connectivity index (χ0v) is 13.6. The summed E-state index contributed by atoms with van der Waals surface area (Å²) in [5.74, 6) is 0.780. The molecule has 3 heteroatoms. The van der Waals surface area contributed by atoms with Gasteiger partial charge in [-0.3, -0.25) is 0 Å². The summed E-state index contributed by atoms with van der Waals surface area (Å²) in [7, 11) is 3.80. The van der Waals surface area contributed by atoms with Crippen molar-refractivity contribution in [2.75, 3.05) is 20.7 Å². The van der Waals surface area contributed by atoms with E-state index in [1.807, 2.05) is 25.1 Å². The van der Waals surface area contributed by atoms with E-state index >= 15 is 0 Å². The van der Waals surface area contributed by atoms with Crippen molar-refractivity contribution in [3.8, 4) is 5.75 Å². The van der Waals surface area contributed by atoms with Crippen LogP contribution < -0.4 is 4.74 Å². The summed E-state index contributed by atoms with van der Waals surface area (Å²) in [5, 5.41) is 10.6. The first kappa shape index (κ1) is 16.3. The molecule has 0 amide bonds. The lowest BCUT2D eigenvalue weighted by Crippen LogP contribution is -2.34. The fourth-order valence-electron chi connectivity index (χ4n) is 3.33. The number of rotatable bonds is 5. The minimum atomic E-state index is -0.492. The molecule has 0 bridgehead atoms. The predicted octanol–water partition coefficient (Wildman–Crippen LogP) is 3.69. The molecule has 1 aliphatic carbocycles. The molecule has 1 aliphatic rings. The van der Waals surface area contributed by atoms with Gasteiger partial charge in [-0.05, 0) is 38.9 Å². The Bertz CT molecular complexity index is 439. The number of hydrogen-bond acceptors (Lipinski definition) is 3. The van der Waals surface area contributed by atoms with E-state index in [1.165, 1.54) is 38.5 Å². The van der Waals surface area contributed by atoms with E-state index in [4.69, 9.17) is 4.74 Å². The van der Waals surface area contributed by atoms with Crippen molar-refractivity contribution in [1.29, 1.82) is 0 Å². The molecule has 1 saturated carbocycles. The third-order valence-corrected chi connectivity index (χ3v) is 4.65. The van der Waals surface area contributed by atoms with Crippen LogP contribution in [0.15, 0.2) is 18.2 Å². The average molecular weight is 291 g/mol. The number of hydrogen-bond donors (Lipinski definition) is 1. The van der Waals surface area contributed by atoms with Crippen LogP contribution in [0.1, 0.15) is 55.8 Å². The maximum Gasteiger partial charge on any atom is 0.124 e. The SMILES string of the molecule is COc1ccc(C)cc1C(O)CN(C)C1CCCCCC1. The van der Waals surface area contributed by atoms with Crippen molar-refractivity contribution in [1.82, 2.24) is 4.90 Å². The molecule has 21 heavy (non-hydrogen) atoms. The quantitative estimate of drug-likeness (QED) is 0.840. The Morgan fingerprint density at radius 3 is 2.52 bits per heavy atom. The monoisotopic (exact) mass is 291 g/mol. The van der Waals surface area contributed by atoms with Crippen molar-refractivity contribution >= 4 is 0 Å². The Kier molecular flexibility index (Phi) is 6.07.